The predicted octanol–water partition coefficient (Wildman–Crippen LogP) is 8.83. The zero-order chi connectivity index (χ0) is 30.8. The topological polar surface area (TPSA) is 97.7 Å². The first-order chi connectivity index (χ1) is 19.1. The quantitative estimate of drug-likeness (QED) is 0.155. The molecule has 0 amide bonds. The second kappa shape index (κ2) is 16.4. The Labute approximate surface area is 272 Å². The highest BCUT2D eigenvalue weighted by Gasteiger charge is 2.16. The molecule has 6 nitrogen and oxygen atoms in total. The Kier molecular flexibility index (Phi) is 14.3. The molecule has 0 saturated heterocycles. The predicted molar refractivity (Wildman–Crippen MR) is 172 cm³/mol. The molecule has 4 aromatic carbocycles. The monoisotopic (exact) mass is 784 g/mol. The van der Waals surface area contributed by atoms with Crippen LogP contribution in [0.3, 0.4) is 0 Å². The molecule has 13 heteroatoms. The third kappa shape index (κ3) is 12.3. The number of aryl methyl sites for hydroxylation is 2. The van der Waals surface area contributed by atoms with E-state index in [-0.39, 0.29) is 23.0 Å². The van der Waals surface area contributed by atoms with E-state index >= 15 is 0 Å². The minimum atomic E-state index is -3.78. The molecule has 0 fully saturated rings. The highest BCUT2D eigenvalue weighted by Crippen LogP contribution is 2.24. The van der Waals surface area contributed by atoms with Gasteiger partial charge < -0.3 is 5.11 Å². The van der Waals surface area contributed by atoms with Crippen LogP contribution in [0.5, 0.6) is 0 Å². The number of rotatable bonds is 6. The van der Waals surface area contributed by atoms with Crippen molar-refractivity contribution in [3.8, 4) is 0 Å². The molecule has 0 radical (unpaired) electrons. The second-order valence-electron chi connectivity index (χ2n) is 8.41. The highest BCUT2D eigenvalue weighted by molar-refractivity contribution is 9.10. The van der Waals surface area contributed by atoms with Crippen LogP contribution >= 0.6 is 65.7 Å². The van der Waals surface area contributed by atoms with E-state index in [9.17, 15) is 16.8 Å². The lowest BCUT2D eigenvalue weighted by molar-refractivity contribution is 0.282. The molecule has 0 spiro atoms. The molecule has 0 saturated carbocycles. The summed E-state index contributed by atoms with van der Waals surface area (Å²) in [5.74, 6) is 0. The molecule has 4 rings (SSSR count). The van der Waals surface area contributed by atoms with Crippen LogP contribution in [-0.4, -0.2) is 21.9 Å². The largest absolute Gasteiger partial charge is 0.392 e. The molecule has 0 bridgehead atoms. The molecule has 0 unspecified atom stereocenters. The second-order valence-corrected chi connectivity index (χ2v) is 15.2. The molecular formula is C28H25Br2Cl3O6S2. The van der Waals surface area contributed by atoms with E-state index in [1.54, 1.807) is 54.6 Å². The van der Waals surface area contributed by atoms with Crippen molar-refractivity contribution in [2.75, 3.05) is 0 Å². The smallest absolute Gasteiger partial charge is 0.297 e. The zero-order valence-corrected chi connectivity index (χ0v) is 28.8. The van der Waals surface area contributed by atoms with Crippen LogP contribution in [0, 0.1) is 13.8 Å². The Morgan fingerprint density at radius 1 is 0.683 bits per heavy atom. The van der Waals surface area contributed by atoms with Gasteiger partial charge in [-0.05, 0) is 85.6 Å². The van der Waals surface area contributed by atoms with Crippen molar-refractivity contribution in [1.29, 1.82) is 0 Å². The number of hydrogen-bond donors (Lipinski definition) is 1. The first-order valence-corrected chi connectivity index (χ1v) is 17.6. The number of aliphatic hydroxyl groups excluding tert-OH is 1. The van der Waals surface area contributed by atoms with Crippen LogP contribution in [0.15, 0.2) is 104 Å². The van der Waals surface area contributed by atoms with Crippen molar-refractivity contribution < 1.29 is 26.1 Å². The van der Waals surface area contributed by atoms with Crippen LogP contribution in [-0.2, 0) is 36.6 Å². The van der Waals surface area contributed by atoms with Crippen LogP contribution in [0.25, 0.3) is 0 Å². The summed E-state index contributed by atoms with van der Waals surface area (Å²) in [7, 11) is -2.24. The molecule has 0 aliphatic heterocycles. The van der Waals surface area contributed by atoms with Crippen LogP contribution < -0.4 is 0 Å². The van der Waals surface area contributed by atoms with Crippen molar-refractivity contribution in [1.82, 2.24) is 0 Å². The summed E-state index contributed by atoms with van der Waals surface area (Å²) < 4.78 is 52.3. The van der Waals surface area contributed by atoms with E-state index in [4.69, 9.17) is 43.2 Å². The fourth-order valence-electron chi connectivity index (χ4n) is 2.93. The standard InChI is InChI=1S/C14H12BrClO3S.C7H6BrClO.C7H7ClO2S/c1-10-2-5-13(6-3-10)20(17,18)19-9-11-8-12(15)4-7-14(11)16;8-6-1-2-7(9)5(3-6)4-10;1-6-2-4-7(5-3-6)11(8,9)10/h2-8H,9H2,1H3;1-3,10H,4H2;2-5H,1H3. The Morgan fingerprint density at radius 3 is 1.51 bits per heavy atom. The SMILES string of the molecule is Cc1ccc(S(=O)(=O)Cl)cc1.Cc1ccc(S(=O)(=O)OCc2cc(Br)ccc2Cl)cc1.OCc1cc(Br)ccc1Cl. The number of hydrogen-bond acceptors (Lipinski definition) is 6. The minimum absolute atomic E-state index is 0.0156. The van der Waals surface area contributed by atoms with Gasteiger partial charge in [0, 0.05) is 29.7 Å². The number of aliphatic hydroxyl groups is 1. The summed E-state index contributed by atoms with van der Waals surface area (Å²) in [5.41, 5.74) is 3.35. The minimum Gasteiger partial charge on any atom is -0.392 e. The normalized spacial score (nSPS) is 11.1. The Balaban J connectivity index is 0.000000236. The van der Waals surface area contributed by atoms with Crippen LogP contribution in [0.1, 0.15) is 22.3 Å². The van der Waals surface area contributed by atoms with Crippen molar-refractivity contribution >= 4 is 84.9 Å². The molecule has 0 atom stereocenters. The summed E-state index contributed by atoms with van der Waals surface area (Å²) in [4.78, 5) is 0.277. The molecule has 0 heterocycles. The van der Waals surface area contributed by atoms with E-state index in [1.807, 2.05) is 19.9 Å². The summed E-state index contributed by atoms with van der Waals surface area (Å²) >= 11 is 18.3. The van der Waals surface area contributed by atoms with Gasteiger partial charge in [-0.15, -0.1) is 0 Å². The maximum Gasteiger partial charge on any atom is 0.297 e. The average molecular weight is 788 g/mol. The van der Waals surface area contributed by atoms with Gasteiger partial charge in [-0.3, -0.25) is 4.18 Å². The van der Waals surface area contributed by atoms with Gasteiger partial charge in [0.05, 0.1) is 23.0 Å². The molecule has 1 N–H and O–H groups in total. The molecular weight excluding hydrogens is 763 g/mol. The van der Waals surface area contributed by atoms with Gasteiger partial charge in [0.25, 0.3) is 19.2 Å². The van der Waals surface area contributed by atoms with Crippen molar-refractivity contribution in [3.63, 3.8) is 0 Å². The maximum atomic E-state index is 12.0. The summed E-state index contributed by atoms with van der Waals surface area (Å²) in [6, 6.07) is 23.4. The van der Waals surface area contributed by atoms with Crippen molar-refractivity contribution in [2.45, 2.75) is 36.9 Å². The zero-order valence-electron chi connectivity index (χ0n) is 21.7. The Hall–Kier alpha value is -1.47. The van der Waals surface area contributed by atoms with E-state index in [2.05, 4.69) is 31.9 Å². The molecule has 0 aliphatic rings. The van der Waals surface area contributed by atoms with E-state index in [0.717, 1.165) is 25.6 Å². The van der Waals surface area contributed by atoms with E-state index in [0.29, 0.717) is 15.6 Å². The number of benzene rings is 4. The van der Waals surface area contributed by atoms with Gasteiger partial charge in [0.1, 0.15) is 0 Å². The first-order valence-electron chi connectivity index (χ1n) is 11.6. The molecule has 4 aromatic rings. The highest BCUT2D eigenvalue weighted by atomic mass is 79.9. The van der Waals surface area contributed by atoms with E-state index in [1.165, 1.54) is 24.3 Å². The summed E-state index contributed by atoms with van der Waals surface area (Å²) in [6.07, 6.45) is 0. The maximum absolute atomic E-state index is 12.0. The molecule has 220 valence electrons. The van der Waals surface area contributed by atoms with Crippen molar-refractivity contribution in [2.24, 2.45) is 0 Å². The Bertz CT molecular complexity index is 1660. The third-order valence-corrected chi connectivity index (χ3v) is 9.54. The number of halogens is 5. The van der Waals surface area contributed by atoms with Gasteiger partial charge in [0.2, 0.25) is 0 Å². The molecule has 0 aromatic heterocycles. The lowest BCUT2D eigenvalue weighted by atomic mass is 10.2. The van der Waals surface area contributed by atoms with Crippen LogP contribution in [0.4, 0.5) is 0 Å². The van der Waals surface area contributed by atoms with Gasteiger partial charge in [-0.25, -0.2) is 8.42 Å². The fraction of sp³-hybridized carbons (Fsp3) is 0.143. The van der Waals surface area contributed by atoms with Gasteiger partial charge in [-0.1, -0.05) is 90.5 Å². The third-order valence-electron chi connectivity index (χ3n) is 5.17. The molecule has 41 heavy (non-hydrogen) atoms. The van der Waals surface area contributed by atoms with E-state index < -0.39 is 19.2 Å². The molecule has 0 aliphatic carbocycles. The van der Waals surface area contributed by atoms with Gasteiger partial charge in [-0.2, -0.15) is 8.42 Å². The lowest BCUT2D eigenvalue weighted by Gasteiger charge is -2.08. The summed E-state index contributed by atoms with van der Waals surface area (Å²) in [5, 5.41) is 9.81. The van der Waals surface area contributed by atoms with Gasteiger partial charge in [0.15, 0.2) is 0 Å². The average Bonchev–Trinajstić information content (AvgIpc) is 2.91. The summed E-state index contributed by atoms with van der Waals surface area (Å²) in [6.45, 7) is 3.65. The van der Waals surface area contributed by atoms with Crippen LogP contribution in [0.2, 0.25) is 10.0 Å². The fourth-order valence-corrected chi connectivity index (χ4v) is 5.76. The van der Waals surface area contributed by atoms with Gasteiger partial charge >= 0.3 is 0 Å². The Morgan fingerprint density at radius 2 is 1.10 bits per heavy atom. The van der Waals surface area contributed by atoms with Crippen molar-refractivity contribution in [3.05, 3.63) is 126 Å². The first kappa shape index (κ1) is 35.7. The lowest BCUT2D eigenvalue weighted by Crippen LogP contribution is -2.06.